The van der Waals surface area contributed by atoms with Crippen LogP contribution in [0, 0.1) is 5.82 Å². The van der Waals surface area contributed by atoms with Crippen LogP contribution in [0.25, 0.3) is 0 Å². The van der Waals surface area contributed by atoms with Crippen LogP contribution in [-0.4, -0.2) is 34.2 Å². The van der Waals surface area contributed by atoms with Crippen LogP contribution in [0.3, 0.4) is 0 Å². The second-order valence-corrected chi connectivity index (χ2v) is 5.96. The Kier molecular flexibility index (Phi) is 4.60. The second-order valence-electron chi connectivity index (χ2n) is 4.24. The van der Waals surface area contributed by atoms with E-state index in [1.807, 2.05) is 0 Å². The van der Waals surface area contributed by atoms with E-state index in [0.717, 1.165) is 0 Å². The lowest BCUT2D eigenvalue weighted by atomic mass is 10.1. The summed E-state index contributed by atoms with van der Waals surface area (Å²) in [5, 5.41) is -0.00512. The highest BCUT2D eigenvalue weighted by molar-refractivity contribution is 7.86. The van der Waals surface area contributed by atoms with Crippen molar-refractivity contribution in [2.24, 2.45) is 0 Å². The van der Waals surface area contributed by atoms with Gasteiger partial charge in [0.25, 0.3) is 0 Å². The average molecular weight is 270 g/mol. The molecule has 0 radical (unpaired) electrons. The molecule has 3 nitrogen and oxygen atoms in total. The molecule has 0 spiro atoms. The molecule has 0 aromatic heterocycles. The van der Waals surface area contributed by atoms with Gasteiger partial charge in [0.2, 0.25) is 0 Å². The van der Waals surface area contributed by atoms with E-state index in [9.17, 15) is 13.4 Å². The predicted molar refractivity (Wildman–Crippen MR) is 67.6 cm³/mol. The zero-order valence-electron chi connectivity index (χ0n) is 9.93. The molecular weight excluding hydrogens is 255 g/mol. The number of carbonyl (C=O) groups excluding carboxylic acids is 1. The van der Waals surface area contributed by atoms with Gasteiger partial charge in [-0.25, -0.2) is 4.39 Å². The third kappa shape index (κ3) is 3.23. The van der Waals surface area contributed by atoms with E-state index in [0.29, 0.717) is 26.1 Å². The van der Waals surface area contributed by atoms with Crippen LogP contribution in [0.4, 0.5) is 4.39 Å². The number of Topliss-reactive ketones (excluding diaryl/α,β-unsaturated/α-hetero) is 1. The quantitative estimate of drug-likeness (QED) is 0.785. The molecule has 18 heavy (non-hydrogen) atoms. The molecule has 1 aromatic rings. The van der Waals surface area contributed by atoms with Gasteiger partial charge in [-0.1, -0.05) is 12.1 Å². The number of benzene rings is 1. The monoisotopic (exact) mass is 270 g/mol. The molecule has 1 aliphatic rings. The summed E-state index contributed by atoms with van der Waals surface area (Å²) < 4.78 is 30.6. The van der Waals surface area contributed by atoms with Crippen LogP contribution in [0.5, 0.6) is 0 Å². The Morgan fingerprint density at radius 1 is 1.33 bits per heavy atom. The average Bonchev–Trinajstić information content (AvgIpc) is 2.40. The van der Waals surface area contributed by atoms with Crippen LogP contribution in [0.15, 0.2) is 24.3 Å². The summed E-state index contributed by atoms with van der Waals surface area (Å²) in [6.45, 7) is 1.18. The Labute approximate surface area is 108 Å². The Bertz CT molecular complexity index is 455. The molecule has 98 valence electrons. The van der Waals surface area contributed by atoms with Gasteiger partial charge in [0.05, 0.1) is 11.3 Å². The number of halogens is 1. The highest BCUT2D eigenvalue weighted by Gasteiger charge is 2.23. The molecule has 1 fully saturated rings. The van der Waals surface area contributed by atoms with Crippen molar-refractivity contribution in [1.82, 2.24) is 0 Å². The van der Waals surface area contributed by atoms with Crippen LogP contribution in [0.1, 0.15) is 23.2 Å². The third-order valence-corrected chi connectivity index (χ3v) is 4.75. The molecule has 0 N–H and O–H groups in total. The van der Waals surface area contributed by atoms with Crippen LogP contribution in [-0.2, 0) is 15.5 Å². The summed E-state index contributed by atoms with van der Waals surface area (Å²) in [4.78, 5) is 11.9. The number of hydrogen-bond donors (Lipinski definition) is 0. The molecule has 1 atom stereocenters. The lowest BCUT2D eigenvalue weighted by molar-refractivity contribution is 0.0979. The molecule has 1 aliphatic heterocycles. The predicted octanol–water partition coefficient (Wildman–Crippen LogP) is 1.94. The maximum absolute atomic E-state index is 13.4. The first-order chi connectivity index (χ1) is 8.68. The van der Waals surface area contributed by atoms with E-state index < -0.39 is 22.4 Å². The highest BCUT2D eigenvalue weighted by Crippen LogP contribution is 2.15. The maximum Gasteiger partial charge on any atom is 0.178 e. The molecule has 1 aromatic carbocycles. The van der Waals surface area contributed by atoms with Crippen LogP contribution < -0.4 is 0 Å². The van der Waals surface area contributed by atoms with Crippen molar-refractivity contribution in [1.29, 1.82) is 0 Å². The summed E-state index contributed by atoms with van der Waals surface area (Å²) in [5.41, 5.74) is 0.0258. The van der Waals surface area contributed by atoms with Crippen molar-refractivity contribution >= 4 is 16.6 Å². The van der Waals surface area contributed by atoms with Gasteiger partial charge in [-0.3, -0.25) is 9.00 Å². The number of carbonyl (C=O) groups is 1. The fourth-order valence-corrected chi connectivity index (χ4v) is 3.32. The molecule has 0 amide bonds. The Morgan fingerprint density at radius 2 is 2.00 bits per heavy atom. The fourth-order valence-electron chi connectivity index (χ4n) is 1.95. The number of ketones is 1. The summed E-state index contributed by atoms with van der Waals surface area (Å²) >= 11 is 0. The summed E-state index contributed by atoms with van der Waals surface area (Å²) in [7, 11) is -1.24. The van der Waals surface area contributed by atoms with Crippen molar-refractivity contribution in [3.63, 3.8) is 0 Å². The van der Waals surface area contributed by atoms with Gasteiger partial charge in [0, 0.05) is 29.3 Å². The minimum atomic E-state index is -1.24. The first kappa shape index (κ1) is 13.4. The lowest BCUT2D eigenvalue weighted by Crippen LogP contribution is -2.28. The van der Waals surface area contributed by atoms with Crippen molar-refractivity contribution in [3.8, 4) is 0 Å². The molecule has 1 unspecified atom stereocenters. The standard InChI is InChI=1S/C13H15FO3S/c14-12-4-2-1-3-11(12)13(15)9-18(16)10-5-7-17-8-6-10/h1-4,10H,5-9H2. The molecule has 2 rings (SSSR count). The number of ether oxygens (including phenoxy) is 1. The molecule has 5 heteroatoms. The largest absolute Gasteiger partial charge is 0.381 e. The van der Waals surface area contributed by atoms with Crippen LogP contribution >= 0.6 is 0 Å². The Hall–Kier alpha value is -1.07. The van der Waals surface area contributed by atoms with Crippen molar-refractivity contribution < 1.29 is 18.1 Å². The lowest BCUT2D eigenvalue weighted by Gasteiger charge is -2.21. The molecule has 1 heterocycles. The smallest absolute Gasteiger partial charge is 0.178 e. The van der Waals surface area contributed by atoms with Gasteiger partial charge in [-0.05, 0) is 25.0 Å². The minimum Gasteiger partial charge on any atom is -0.381 e. The van der Waals surface area contributed by atoms with Gasteiger partial charge >= 0.3 is 0 Å². The second kappa shape index (κ2) is 6.20. The molecule has 0 aliphatic carbocycles. The molecule has 0 bridgehead atoms. The summed E-state index contributed by atoms with van der Waals surface area (Å²) in [6.07, 6.45) is 1.41. The van der Waals surface area contributed by atoms with Gasteiger partial charge in [-0.15, -0.1) is 0 Å². The van der Waals surface area contributed by atoms with E-state index >= 15 is 0 Å². The van der Waals surface area contributed by atoms with E-state index in [2.05, 4.69) is 0 Å². The van der Waals surface area contributed by atoms with E-state index in [1.165, 1.54) is 18.2 Å². The minimum absolute atomic E-state index is 0.00512. The normalized spacial score (nSPS) is 18.5. The number of hydrogen-bond acceptors (Lipinski definition) is 3. The Balaban J connectivity index is 1.99. The van der Waals surface area contributed by atoms with Gasteiger partial charge < -0.3 is 4.74 Å². The SMILES string of the molecule is O=C(CS(=O)C1CCOCC1)c1ccccc1F. The van der Waals surface area contributed by atoms with E-state index in [1.54, 1.807) is 6.07 Å². The summed E-state index contributed by atoms with van der Waals surface area (Å²) in [6, 6.07) is 5.80. The molecular formula is C13H15FO3S. The molecule has 0 saturated carbocycles. The van der Waals surface area contributed by atoms with E-state index in [-0.39, 0.29) is 16.6 Å². The van der Waals surface area contributed by atoms with Crippen molar-refractivity contribution in [2.75, 3.05) is 19.0 Å². The fraction of sp³-hybridized carbons (Fsp3) is 0.462. The molecule has 1 saturated heterocycles. The van der Waals surface area contributed by atoms with Gasteiger partial charge in [0.15, 0.2) is 5.78 Å². The van der Waals surface area contributed by atoms with Crippen LogP contribution in [0.2, 0.25) is 0 Å². The van der Waals surface area contributed by atoms with Gasteiger partial charge in [0.1, 0.15) is 5.82 Å². The first-order valence-electron chi connectivity index (χ1n) is 5.91. The Morgan fingerprint density at radius 3 is 2.67 bits per heavy atom. The van der Waals surface area contributed by atoms with Gasteiger partial charge in [-0.2, -0.15) is 0 Å². The highest BCUT2D eigenvalue weighted by atomic mass is 32.2. The third-order valence-electron chi connectivity index (χ3n) is 2.99. The van der Waals surface area contributed by atoms with Crippen molar-refractivity contribution in [3.05, 3.63) is 35.6 Å². The van der Waals surface area contributed by atoms with E-state index in [4.69, 9.17) is 4.74 Å². The zero-order valence-corrected chi connectivity index (χ0v) is 10.7. The topological polar surface area (TPSA) is 43.4 Å². The zero-order chi connectivity index (χ0) is 13.0. The first-order valence-corrected chi connectivity index (χ1v) is 7.29. The number of rotatable bonds is 4. The van der Waals surface area contributed by atoms with Crippen molar-refractivity contribution in [2.45, 2.75) is 18.1 Å². The maximum atomic E-state index is 13.4. The summed E-state index contributed by atoms with van der Waals surface area (Å²) in [5.74, 6) is -1.05.